The fourth-order valence-corrected chi connectivity index (χ4v) is 3.06. The summed E-state index contributed by atoms with van der Waals surface area (Å²) in [6.07, 6.45) is 1.87. The fraction of sp³-hybridized carbons (Fsp3) is 0.353. The number of hydrogen-bond donors (Lipinski definition) is 0. The number of aryl methyl sites for hydroxylation is 1. The molecule has 6 heteroatoms. The standard InChI is InChI=1S/C17H19BrN2O3/c1-11-16(18)17-14(9-19-11)20(6-7-23-17)10-12-4-5-13(21-2)8-15(12)22-3/h4-5,8-9H,6-7,10H2,1-3H3. The Kier molecular flexibility index (Phi) is 4.61. The fourth-order valence-electron chi connectivity index (χ4n) is 2.64. The molecule has 0 saturated heterocycles. The van der Waals surface area contributed by atoms with Gasteiger partial charge in [-0.1, -0.05) is 0 Å². The number of ether oxygens (including phenoxy) is 3. The Morgan fingerprint density at radius 1 is 1.30 bits per heavy atom. The largest absolute Gasteiger partial charge is 0.497 e. The Balaban J connectivity index is 1.92. The van der Waals surface area contributed by atoms with Crippen LogP contribution in [0, 0.1) is 6.92 Å². The van der Waals surface area contributed by atoms with E-state index in [2.05, 4.69) is 25.8 Å². The first-order chi connectivity index (χ1) is 11.1. The number of halogens is 1. The SMILES string of the molecule is COc1ccc(CN2CCOc3c2cnc(C)c3Br)c(OC)c1. The molecule has 0 saturated carbocycles. The highest BCUT2D eigenvalue weighted by Crippen LogP contribution is 2.40. The number of hydrogen-bond acceptors (Lipinski definition) is 5. The third kappa shape index (κ3) is 3.08. The maximum Gasteiger partial charge on any atom is 0.160 e. The molecule has 0 fully saturated rings. The molecule has 1 aliphatic rings. The molecule has 122 valence electrons. The van der Waals surface area contributed by atoms with Gasteiger partial charge in [-0.25, -0.2) is 0 Å². The first kappa shape index (κ1) is 15.9. The van der Waals surface area contributed by atoms with Crippen LogP contribution in [-0.4, -0.2) is 32.4 Å². The highest BCUT2D eigenvalue weighted by Gasteiger charge is 2.23. The molecule has 1 aromatic carbocycles. The van der Waals surface area contributed by atoms with Crippen LogP contribution in [0.15, 0.2) is 28.9 Å². The van der Waals surface area contributed by atoms with Crippen molar-refractivity contribution in [2.75, 3.05) is 32.3 Å². The smallest absolute Gasteiger partial charge is 0.160 e. The van der Waals surface area contributed by atoms with E-state index in [1.165, 1.54) is 0 Å². The van der Waals surface area contributed by atoms with Gasteiger partial charge in [-0.15, -0.1) is 0 Å². The van der Waals surface area contributed by atoms with Crippen molar-refractivity contribution in [3.8, 4) is 17.2 Å². The summed E-state index contributed by atoms with van der Waals surface area (Å²) < 4.78 is 17.5. The Bertz CT molecular complexity index is 721. The van der Waals surface area contributed by atoms with Gasteiger partial charge in [-0.2, -0.15) is 0 Å². The summed E-state index contributed by atoms with van der Waals surface area (Å²) in [7, 11) is 3.32. The van der Waals surface area contributed by atoms with E-state index in [0.29, 0.717) is 6.61 Å². The number of anilines is 1. The maximum atomic E-state index is 5.82. The van der Waals surface area contributed by atoms with Crippen molar-refractivity contribution in [3.05, 3.63) is 40.1 Å². The summed E-state index contributed by atoms with van der Waals surface area (Å²) in [5, 5.41) is 0. The maximum absolute atomic E-state index is 5.82. The number of rotatable bonds is 4. The van der Waals surface area contributed by atoms with Crippen molar-refractivity contribution in [3.63, 3.8) is 0 Å². The lowest BCUT2D eigenvalue weighted by Crippen LogP contribution is -2.32. The Morgan fingerprint density at radius 3 is 2.87 bits per heavy atom. The molecule has 0 radical (unpaired) electrons. The number of methoxy groups -OCH3 is 2. The second kappa shape index (κ2) is 6.66. The summed E-state index contributed by atoms with van der Waals surface area (Å²) in [5.41, 5.74) is 3.01. The zero-order valence-electron chi connectivity index (χ0n) is 13.4. The molecule has 0 N–H and O–H groups in total. The third-order valence-corrected chi connectivity index (χ3v) is 4.87. The lowest BCUT2D eigenvalue weighted by Gasteiger charge is -2.32. The molecule has 0 unspecified atom stereocenters. The molecule has 5 nitrogen and oxygen atoms in total. The van der Waals surface area contributed by atoms with E-state index < -0.39 is 0 Å². The van der Waals surface area contributed by atoms with Crippen LogP contribution in [0.1, 0.15) is 11.3 Å². The predicted octanol–water partition coefficient (Wildman–Crippen LogP) is 3.57. The summed E-state index contributed by atoms with van der Waals surface area (Å²) >= 11 is 3.57. The number of pyridine rings is 1. The van der Waals surface area contributed by atoms with E-state index in [0.717, 1.165) is 51.8 Å². The van der Waals surface area contributed by atoms with E-state index >= 15 is 0 Å². The van der Waals surface area contributed by atoms with E-state index in [-0.39, 0.29) is 0 Å². The first-order valence-electron chi connectivity index (χ1n) is 7.37. The molecule has 0 atom stereocenters. The third-order valence-electron chi connectivity index (χ3n) is 3.93. The molecule has 1 aromatic heterocycles. The van der Waals surface area contributed by atoms with Gasteiger partial charge < -0.3 is 19.1 Å². The lowest BCUT2D eigenvalue weighted by molar-refractivity contribution is 0.303. The van der Waals surface area contributed by atoms with Gasteiger partial charge in [0.25, 0.3) is 0 Å². The molecule has 0 bridgehead atoms. The topological polar surface area (TPSA) is 43.8 Å². The van der Waals surface area contributed by atoms with E-state index in [1.807, 2.05) is 31.3 Å². The van der Waals surface area contributed by atoms with Gasteiger partial charge in [0.05, 0.1) is 42.8 Å². The highest BCUT2D eigenvalue weighted by molar-refractivity contribution is 9.10. The van der Waals surface area contributed by atoms with Crippen LogP contribution in [0.5, 0.6) is 17.2 Å². The van der Waals surface area contributed by atoms with Crippen molar-refractivity contribution in [1.82, 2.24) is 4.98 Å². The first-order valence-corrected chi connectivity index (χ1v) is 8.17. The minimum atomic E-state index is 0.646. The predicted molar refractivity (Wildman–Crippen MR) is 92.8 cm³/mol. The van der Waals surface area contributed by atoms with Crippen LogP contribution in [-0.2, 0) is 6.54 Å². The molecular weight excluding hydrogens is 360 g/mol. The number of aromatic nitrogens is 1. The van der Waals surface area contributed by atoms with Crippen molar-refractivity contribution < 1.29 is 14.2 Å². The summed E-state index contributed by atoms with van der Waals surface area (Å²) in [5.74, 6) is 2.46. The molecule has 0 amide bonds. The molecule has 2 heterocycles. The number of nitrogens with zero attached hydrogens (tertiary/aromatic N) is 2. The minimum Gasteiger partial charge on any atom is -0.497 e. The number of fused-ring (bicyclic) bond motifs is 1. The molecule has 2 aromatic rings. The minimum absolute atomic E-state index is 0.646. The van der Waals surface area contributed by atoms with Crippen LogP contribution in [0.2, 0.25) is 0 Å². The van der Waals surface area contributed by atoms with E-state index in [1.54, 1.807) is 14.2 Å². The zero-order valence-corrected chi connectivity index (χ0v) is 15.0. The quantitative estimate of drug-likeness (QED) is 0.813. The lowest BCUT2D eigenvalue weighted by atomic mass is 10.1. The summed E-state index contributed by atoms with van der Waals surface area (Å²) in [6.45, 7) is 4.13. The molecule has 23 heavy (non-hydrogen) atoms. The van der Waals surface area contributed by atoms with Gasteiger partial charge in [0.2, 0.25) is 0 Å². The molecular formula is C17H19BrN2O3. The van der Waals surface area contributed by atoms with Crippen molar-refractivity contribution >= 4 is 21.6 Å². The van der Waals surface area contributed by atoms with Crippen LogP contribution in [0.25, 0.3) is 0 Å². The van der Waals surface area contributed by atoms with E-state index in [9.17, 15) is 0 Å². The second-order valence-corrected chi connectivity index (χ2v) is 6.11. The van der Waals surface area contributed by atoms with Gasteiger partial charge in [0.15, 0.2) is 5.75 Å². The molecule has 1 aliphatic heterocycles. The average Bonchev–Trinajstić information content (AvgIpc) is 2.59. The molecule has 0 aliphatic carbocycles. The van der Waals surface area contributed by atoms with Crippen molar-refractivity contribution in [2.24, 2.45) is 0 Å². The molecule has 3 rings (SSSR count). The van der Waals surface area contributed by atoms with Crippen LogP contribution >= 0.6 is 15.9 Å². The van der Waals surface area contributed by atoms with Crippen molar-refractivity contribution in [1.29, 1.82) is 0 Å². The van der Waals surface area contributed by atoms with Gasteiger partial charge >= 0.3 is 0 Å². The second-order valence-electron chi connectivity index (χ2n) is 5.32. The highest BCUT2D eigenvalue weighted by atomic mass is 79.9. The van der Waals surface area contributed by atoms with E-state index in [4.69, 9.17) is 14.2 Å². The van der Waals surface area contributed by atoms with Gasteiger partial charge in [0, 0.05) is 18.2 Å². The Hall–Kier alpha value is -1.95. The normalized spacial score (nSPS) is 13.3. The van der Waals surface area contributed by atoms with Gasteiger partial charge in [-0.3, -0.25) is 4.98 Å². The van der Waals surface area contributed by atoms with Gasteiger partial charge in [-0.05, 0) is 35.0 Å². The Morgan fingerprint density at radius 2 is 2.13 bits per heavy atom. The zero-order chi connectivity index (χ0) is 16.4. The van der Waals surface area contributed by atoms with Crippen LogP contribution in [0.3, 0.4) is 0 Å². The van der Waals surface area contributed by atoms with Crippen molar-refractivity contribution in [2.45, 2.75) is 13.5 Å². The van der Waals surface area contributed by atoms with Crippen LogP contribution < -0.4 is 19.1 Å². The summed E-state index contributed by atoms with van der Waals surface area (Å²) in [6, 6.07) is 5.88. The number of benzene rings is 1. The van der Waals surface area contributed by atoms with Gasteiger partial charge in [0.1, 0.15) is 18.1 Å². The average molecular weight is 379 g/mol. The summed E-state index contributed by atoms with van der Waals surface area (Å²) in [4.78, 5) is 6.68. The Labute approximate surface area is 144 Å². The monoisotopic (exact) mass is 378 g/mol. The molecule has 0 spiro atoms. The van der Waals surface area contributed by atoms with Crippen LogP contribution in [0.4, 0.5) is 5.69 Å².